The van der Waals surface area contributed by atoms with Crippen molar-refractivity contribution in [2.45, 2.75) is 19.0 Å². The van der Waals surface area contributed by atoms with Crippen molar-refractivity contribution < 1.29 is 9.59 Å². The number of aromatic nitrogens is 2. The lowest BCUT2D eigenvalue weighted by Gasteiger charge is -2.14. The first-order valence-electron chi connectivity index (χ1n) is 10.4. The Hall–Kier alpha value is -3.43. The number of benzene rings is 3. The molecule has 2 N–H and O–H groups in total. The van der Waals surface area contributed by atoms with Crippen LogP contribution in [0.2, 0.25) is 0 Å². The van der Waals surface area contributed by atoms with Crippen molar-refractivity contribution in [1.29, 1.82) is 0 Å². The van der Waals surface area contributed by atoms with E-state index < -0.39 is 11.8 Å². The minimum atomic E-state index is -0.429. The summed E-state index contributed by atoms with van der Waals surface area (Å²) in [6.45, 7) is 3.98. The highest BCUT2D eigenvalue weighted by Crippen LogP contribution is 2.22. The number of hydrazine groups is 1. The number of thioether (sulfide) groups is 1. The maximum absolute atomic E-state index is 13.3. The molecule has 0 aliphatic rings. The number of halogens is 1. The van der Waals surface area contributed by atoms with Gasteiger partial charge in [-0.25, -0.2) is 4.98 Å². The van der Waals surface area contributed by atoms with Gasteiger partial charge in [0.15, 0.2) is 5.16 Å². The van der Waals surface area contributed by atoms with Gasteiger partial charge in [-0.2, -0.15) is 0 Å². The molecule has 0 bridgehead atoms. The lowest BCUT2D eigenvalue weighted by atomic mass is 10.1. The molecule has 0 atom stereocenters. The van der Waals surface area contributed by atoms with Gasteiger partial charge in [-0.15, -0.1) is 0 Å². The number of rotatable bonds is 5. The van der Waals surface area contributed by atoms with E-state index in [2.05, 4.69) is 31.8 Å². The summed E-state index contributed by atoms with van der Waals surface area (Å²) in [4.78, 5) is 42.6. The van der Waals surface area contributed by atoms with Crippen LogP contribution in [0.25, 0.3) is 16.6 Å². The van der Waals surface area contributed by atoms with Crippen LogP contribution >= 0.6 is 27.7 Å². The second-order valence-corrected chi connectivity index (χ2v) is 9.48. The molecule has 1 aromatic heterocycles. The Morgan fingerprint density at radius 1 is 0.971 bits per heavy atom. The van der Waals surface area contributed by atoms with Crippen molar-refractivity contribution in [2.24, 2.45) is 0 Å². The van der Waals surface area contributed by atoms with Crippen LogP contribution in [0.1, 0.15) is 21.5 Å². The van der Waals surface area contributed by atoms with Crippen LogP contribution in [0.3, 0.4) is 0 Å². The van der Waals surface area contributed by atoms with Crippen LogP contribution in [0.15, 0.2) is 81.2 Å². The lowest BCUT2D eigenvalue weighted by Crippen LogP contribution is -2.42. The van der Waals surface area contributed by atoms with E-state index in [1.807, 2.05) is 38.1 Å². The molecule has 0 aliphatic carbocycles. The summed E-state index contributed by atoms with van der Waals surface area (Å²) < 4.78 is 2.37. The number of para-hydroxylation sites is 1. The van der Waals surface area contributed by atoms with Gasteiger partial charge >= 0.3 is 0 Å². The first kappa shape index (κ1) is 23.7. The fourth-order valence-corrected chi connectivity index (χ4v) is 4.34. The van der Waals surface area contributed by atoms with E-state index >= 15 is 0 Å². The first-order valence-corrected chi connectivity index (χ1v) is 12.2. The average molecular weight is 537 g/mol. The molecule has 4 rings (SSSR count). The molecule has 0 unspecified atom stereocenters. The summed E-state index contributed by atoms with van der Waals surface area (Å²) in [5.41, 5.74) is 8.40. The first-order chi connectivity index (χ1) is 16.3. The van der Waals surface area contributed by atoms with E-state index in [0.717, 1.165) is 27.4 Å². The zero-order chi connectivity index (χ0) is 24.2. The number of carbonyl (C=O) groups is 2. The van der Waals surface area contributed by atoms with Crippen molar-refractivity contribution in [2.75, 3.05) is 5.75 Å². The lowest BCUT2D eigenvalue weighted by molar-refractivity contribution is -0.119. The third kappa shape index (κ3) is 5.21. The molecule has 4 aromatic rings. The second-order valence-electron chi connectivity index (χ2n) is 7.62. The van der Waals surface area contributed by atoms with Crippen molar-refractivity contribution >= 4 is 50.4 Å². The van der Waals surface area contributed by atoms with Crippen LogP contribution in [0.4, 0.5) is 0 Å². The minimum absolute atomic E-state index is 0.0454. The zero-order valence-electron chi connectivity index (χ0n) is 18.5. The van der Waals surface area contributed by atoms with E-state index in [1.165, 1.54) is 4.57 Å². The van der Waals surface area contributed by atoms with Crippen molar-refractivity contribution in [3.63, 3.8) is 0 Å². The zero-order valence-corrected chi connectivity index (χ0v) is 20.9. The molecule has 0 aliphatic heterocycles. The normalized spacial score (nSPS) is 10.8. The molecule has 0 radical (unpaired) electrons. The number of aryl methyl sites for hydroxylation is 2. The predicted octanol–water partition coefficient (Wildman–Crippen LogP) is 4.32. The molecule has 0 fully saturated rings. The SMILES string of the molecule is Cc1ccc(-n2c(SCC(=O)NNC(=O)c3ccc(Br)cc3)nc3ccccc3c2=O)cc1C. The van der Waals surface area contributed by atoms with Crippen LogP contribution < -0.4 is 16.4 Å². The van der Waals surface area contributed by atoms with Gasteiger partial charge in [0.25, 0.3) is 11.5 Å². The molecule has 0 spiro atoms. The van der Waals surface area contributed by atoms with Gasteiger partial charge in [0, 0.05) is 10.0 Å². The summed E-state index contributed by atoms with van der Waals surface area (Å²) in [7, 11) is 0. The third-order valence-corrected chi connectivity index (χ3v) is 6.72. The van der Waals surface area contributed by atoms with E-state index in [1.54, 1.807) is 42.5 Å². The van der Waals surface area contributed by atoms with E-state index in [-0.39, 0.29) is 11.3 Å². The van der Waals surface area contributed by atoms with Gasteiger partial charge in [-0.3, -0.25) is 29.8 Å². The molecular weight excluding hydrogens is 516 g/mol. The van der Waals surface area contributed by atoms with Gasteiger partial charge in [0.05, 0.1) is 22.3 Å². The number of carbonyl (C=O) groups excluding carboxylic acids is 2. The molecule has 0 saturated carbocycles. The van der Waals surface area contributed by atoms with Crippen LogP contribution in [-0.2, 0) is 4.79 Å². The van der Waals surface area contributed by atoms with E-state index in [4.69, 9.17) is 0 Å². The van der Waals surface area contributed by atoms with E-state index in [9.17, 15) is 14.4 Å². The second kappa shape index (κ2) is 10.2. The largest absolute Gasteiger partial charge is 0.272 e. The number of nitrogens with one attached hydrogen (secondary N) is 2. The van der Waals surface area contributed by atoms with Gasteiger partial charge in [-0.05, 0) is 73.5 Å². The van der Waals surface area contributed by atoms with Crippen molar-refractivity contribution in [3.8, 4) is 5.69 Å². The quantitative estimate of drug-likeness (QED) is 0.225. The smallest absolute Gasteiger partial charge is 0.269 e. The van der Waals surface area contributed by atoms with Gasteiger partial charge < -0.3 is 0 Å². The Bertz CT molecular complexity index is 1450. The summed E-state index contributed by atoms with van der Waals surface area (Å²) in [5.74, 6) is -0.901. The number of hydrogen-bond acceptors (Lipinski definition) is 5. The molecule has 34 heavy (non-hydrogen) atoms. The van der Waals surface area contributed by atoms with Gasteiger partial charge in [0.1, 0.15) is 0 Å². The number of fused-ring (bicyclic) bond motifs is 1. The highest BCUT2D eigenvalue weighted by molar-refractivity contribution is 9.10. The molecule has 172 valence electrons. The number of nitrogens with zero attached hydrogens (tertiary/aromatic N) is 2. The monoisotopic (exact) mass is 536 g/mol. The van der Waals surface area contributed by atoms with Crippen LogP contribution in [-0.4, -0.2) is 27.1 Å². The van der Waals surface area contributed by atoms with Crippen LogP contribution in [0.5, 0.6) is 0 Å². The van der Waals surface area contributed by atoms with E-state index in [0.29, 0.717) is 27.3 Å². The highest BCUT2D eigenvalue weighted by atomic mass is 79.9. The Kier molecular flexibility index (Phi) is 7.14. The molecular formula is C25H21BrN4O3S. The third-order valence-electron chi connectivity index (χ3n) is 5.25. The van der Waals surface area contributed by atoms with Crippen LogP contribution in [0, 0.1) is 13.8 Å². The Morgan fingerprint density at radius 3 is 2.44 bits per heavy atom. The molecule has 7 nitrogen and oxygen atoms in total. The standard InChI is InChI=1S/C25H21BrN4O3S/c1-15-7-12-19(13-16(15)2)30-24(33)20-5-3-4-6-21(20)27-25(30)34-14-22(31)28-29-23(32)17-8-10-18(26)11-9-17/h3-13H,14H2,1-2H3,(H,28,31)(H,29,32). The van der Waals surface area contributed by atoms with Gasteiger partial charge in [0.2, 0.25) is 5.91 Å². The maximum Gasteiger partial charge on any atom is 0.269 e. The summed E-state index contributed by atoms with van der Waals surface area (Å²) in [6.07, 6.45) is 0. The molecule has 1 heterocycles. The van der Waals surface area contributed by atoms with Gasteiger partial charge in [-0.1, -0.05) is 45.9 Å². The Morgan fingerprint density at radius 2 is 1.71 bits per heavy atom. The highest BCUT2D eigenvalue weighted by Gasteiger charge is 2.16. The number of hydrogen-bond donors (Lipinski definition) is 2. The predicted molar refractivity (Wildman–Crippen MR) is 137 cm³/mol. The molecule has 3 aromatic carbocycles. The van der Waals surface area contributed by atoms with Crippen molar-refractivity contribution in [3.05, 3.63) is 98.2 Å². The summed E-state index contributed by atoms with van der Waals surface area (Å²) in [6, 6.07) is 19.6. The minimum Gasteiger partial charge on any atom is -0.272 e. The maximum atomic E-state index is 13.3. The van der Waals surface area contributed by atoms with Crippen molar-refractivity contribution in [1.82, 2.24) is 20.4 Å². The number of amides is 2. The average Bonchev–Trinajstić information content (AvgIpc) is 2.83. The topological polar surface area (TPSA) is 93.1 Å². The molecule has 9 heteroatoms. The summed E-state index contributed by atoms with van der Waals surface area (Å²) >= 11 is 4.44. The molecule has 0 saturated heterocycles. The molecule has 2 amide bonds. The summed E-state index contributed by atoms with van der Waals surface area (Å²) in [5, 5.41) is 0.887. The Labute approximate surface area is 208 Å². The fourth-order valence-electron chi connectivity index (χ4n) is 3.27. The fraction of sp³-hybridized carbons (Fsp3) is 0.120. The Balaban J connectivity index is 1.55.